The van der Waals surface area contributed by atoms with Gasteiger partial charge in [0.25, 0.3) is 0 Å². The first kappa shape index (κ1) is 48.9. The molecule has 0 bridgehead atoms. The van der Waals surface area contributed by atoms with Crippen LogP contribution in [0.25, 0.3) is 45.3 Å². The van der Waals surface area contributed by atoms with E-state index in [-0.39, 0.29) is 30.8 Å². The third kappa shape index (κ3) is 13.5. The fourth-order valence-corrected chi connectivity index (χ4v) is 6.05. The number of rotatable bonds is 16. The van der Waals surface area contributed by atoms with E-state index >= 15 is 0 Å². The summed E-state index contributed by atoms with van der Waals surface area (Å²) in [5.41, 5.74) is 1.35. The standard InChI is InChI=1S/C28H26F3N3O3.C21H20F3N3O3/c1-27(2,26(35)37-18-19-6-4-3-5-7-19)14-15-36-22-11-8-20(9-12-22)23-13-10-21(16-32-23)25-33-17-24(34-25)28(29,30)31;1-20(2,19(28)29)9-10-30-15-6-3-13(4-7-15)16-8-5-14(11-25-16)18-26-12-17(27-18)21(22,23)24/h3-13,16-17H,14-15,18H2,1-2H3,(H,33,34);3-8,11-12H,9-10H2,1-2H3,(H,26,27)(H,28,29). The number of esters is 1. The van der Waals surface area contributed by atoms with Crippen molar-refractivity contribution in [3.8, 4) is 56.8 Å². The highest BCUT2D eigenvalue weighted by Crippen LogP contribution is 2.32. The first-order chi connectivity index (χ1) is 31.7. The van der Waals surface area contributed by atoms with Crippen molar-refractivity contribution < 1.29 is 55.2 Å². The van der Waals surface area contributed by atoms with Crippen molar-refractivity contribution in [3.05, 3.63) is 145 Å². The molecule has 0 aliphatic heterocycles. The number of aromatic nitrogens is 6. The van der Waals surface area contributed by atoms with Gasteiger partial charge in [0.05, 0.1) is 47.8 Å². The van der Waals surface area contributed by atoms with Gasteiger partial charge in [-0.05, 0) is 119 Å². The number of ether oxygens (including phenoxy) is 3. The second-order valence-electron chi connectivity index (χ2n) is 16.5. The minimum Gasteiger partial charge on any atom is -0.494 e. The number of carbonyl (C=O) groups is 2. The molecule has 0 aliphatic carbocycles. The number of carbonyl (C=O) groups excluding carboxylic acids is 1. The number of aromatic amines is 2. The second-order valence-corrected chi connectivity index (χ2v) is 16.5. The lowest BCUT2D eigenvalue weighted by molar-refractivity contribution is -0.156. The summed E-state index contributed by atoms with van der Waals surface area (Å²) >= 11 is 0. The molecule has 0 saturated carbocycles. The smallest absolute Gasteiger partial charge is 0.432 e. The summed E-state index contributed by atoms with van der Waals surface area (Å²) < 4.78 is 93.3. The number of halogens is 6. The maximum absolute atomic E-state index is 12.8. The van der Waals surface area contributed by atoms with Crippen LogP contribution in [-0.4, -0.2) is 60.2 Å². The topological polar surface area (TPSA) is 165 Å². The lowest BCUT2D eigenvalue weighted by Gasteiger charge is -2.22. The zero-order valence-electron chi connectivity index (χ0n) is 36.7. The number of nitrogens with one attached hydrogen (secondary N) is 2. The van der Waals surface area contributed by atoms with Crippen LogP contribution in [0.5, 0.6) is 11.5 Å². The monoisotopic (exact) mass is 928 g/mol. The largest absolute Gasteiger partial charge is 0.494 e. The Kier molecular flexibility index (Phi) is 15.2. The predicted molar refractivity (Wildman–Crippen MR) is 236 cm³/mol. The molecule has 0 fully saturated rings. The van der Waals surface area contributed by atoms with E-state index in [0.29, 0.717) is 53.5 Å². The van der Waals surface area contributed by atoms with Crippen LogP contribution >= 0.6 is 0 Å². The zero-order chi connectivity index (χ0) is 48.4. The average Bonchev–Trinajstić information content (AvgIpc) is 4.02. The van der Waals surface area contributed by atoms with Crippen molar-refractivity contribution in [1.29, 1.82) is 0 Å². The Bertz CT molecular complexity index is 2700. The number of nitrogens with zero attached hydrogens (tertiary/aromatic N) is 4. The van der Waals surface area contributed by atoms with Crippen molar-refractivity contribution in [2.24, 2.45) is 10.8 Å². The molecular weight excluding hydrogens is 883 g/mol. The van der Waals surface area contributed by atoms with Crippen LogP contribution in [0.3, 0.4) is 0 Å². The van der Waals surface area contributed by atoms with E-state index in [0.717, 1.165) is 29.1 Å². The highest BCUT2D eigenvalue weighted by molar-refractivity contribution is 5.76. The van der Waals surface area contributed by atoms with Crippen LogP contribution in [0.1, 0.15) is 57.5 Å². The third-order valence-corrected chi connectivity index (χ3v) is 10.5. The third-order valence-electron chi connectivity index (χ3n) is 10.5. The molecule has 0 amide bonds. The number of imidazole rings is 2. The van der Waals surface area contributed by atoms with Gasteiger partial charge in [-0.25, -0.2) is 9.97 Å². The van der Waals surface area contributed by atoms with E-state index in [2.05, 4.69) is 29.9 Å². The molecule has 0 atom stereocenters. The van der Waals surface area contributed by atoms with Crippen LogP contribution in [0.15, 0.2) is 128 Å². The molecule has 18 heteroatoms. The molecule has 12 nitrogen and oxygen atoms in total. The van der Waals surface area contributed by atoms with Crippen molar-refractivity contribution in [1.82, 2.24) is 29.9 Å². The molecular formula is C49H46F6N6O6. The number of carboxylic acid groups (broad SMARTS) is 1. The molecule has 4 heterocycles. The Labute approximate surface area is 381 Å². The summed E-state index contributed by atoms with van der Waals surface area (Å²) in [4.78, 5) is 44.3. The summed E-state index contributed by atoms with van der Waals surface area (Å²) in [6.07, 6.45) is -3.68. The van der Waals surface area contributed by atoms with E-state index in [1.807, 2.05) is 56.3 Å². The number of pyridine rings is 2. The van der Waals surface area contributed by atoms with Gasteiger partial charge in [-0.3, -0.25) is 19.6 Å². The highest BCUT2D eigenvalue weighted by atomic mass is 19.4. The summed E-state index contributed by atoms with van der Waals surface area (Å²) in [7, 11) is 0. The maximum atomic E-state index is 12.8. The summed E-state index contributed by atoms with van der Waals surface area (Å²) in [5.74, 6) is 0.279. The van der Waals surface area contributed by atoms with Gasteiger partial charge >= 0.3 is 24.3 Å². The molecule has 0 saturated heterocycles. The number of hydrogen-bond acceptors (Lipinski definition) is 9. The van der Waals surface area contributed by atoms with Crippen molar-refractivity contribution in [2.75, 3.05) is 13.2 Å². The molecule has 4 aromatic heterocycles. The van der Waals surface area contributed by atoms with Crippen molar-refractivity contribution in [3.63, 3.8) is 0 Å². The van der Waals surface area contributed by atoms with E-state index in [1.54, 1.807) is 74.5 Å². The molecule has 0 spiro atoms. The predicted octanol–water partition coefficient (Wildman–Crippen LogP) is 11.7. The maximum Gasteiger partial charge on any atom is 0.432 e. The fourth-order valence-electron chi connectivity index (χ4n) is 6.05. The molecule has 3 aromatic carbocycles. The fraction of sp³-hybridized carbons (Fsp3) is 0.265. The molecule has 350 valence electrons. The van der Waals surface area contributed by atoms with Gasteiger partial charge in [0.2, 0.25) is 0 Å². The van der Waals surface area contributed by atoms with Crippen LogP contribution in [0.2, 0.25) is 0 Å². The number of aliphatic carboxylic acids is 1. The Morgan fingerprint density at radius 3 is 1.33 bits per heavy atom. The van der Waals surface area contributed by atoms with Crippen LogP contribution < -0.4 is 9.47 Å². The van der Waals surface area contributed by atoms with Crippen molar-refractivity contribution >= 4 is 11.9 Å². The molecule has 7 aromatic rings. The Balaban J connectivity index is 0.000000226. The number of benzene rings is 3. The molecule has 7 rings (SSSR count). The van der Waals surface area contributed by atoms with Crippen LogP contribution in [-0.2, 0) is 33.3 Å². The lowest BCUT2D eigenvalue weighted by atomic mass is 9.90. The zero-order valence-corrected chi connectivity index (χ0v) is 36.7. The number of H-pyrrole nitrogens is 2. The highest BCUT2D eigenvalue weighted by Gasteiger charge is 2.34. The van der Waals surface area contributed by atoms with Gasteiger partial charge in [0, 0.05) is 34.6 Å². The van der Waals surface area contributed by atoms with Gasteiger partial charge in [0.15, 0.2) is 0 Å². The summed E-state index contributed by atoms with van der Waals surface area (Å²) in [5, 5.41) is 9.11. The average molecular weight is 929 g/mol. The lowest BCUT2D eigenvalue weighted by Crippen LogP contribution is -2.28. The second kappa shape index (κ2) is 20.8. The molecule has 3 N–H and O–H groups in total. The Morgan fingerprint density at radius 1 is 0.537 bits per heavy atom. The quantitative estimate of drug-likeness (QED) is 0.0627. The van der Waals surface area contributed by atoms with Gasteiger partial charge in [0.1, 0.15) is 41.1 Å². The summed E-state index contributed by atoms with van der Waals surface area (Å²) in [6, 6.07) is 30.6. The molecule has 0 unspecified atom stereocenters. The van der Waals surface area contributed by atoms with Gasteiger partial charge in [-0.2, -0.15) is 26.3 Å². The van der Waals surface area contributed by atoms with Crippen LogP contribution in [0.4, 0.5) is 26.3 Å². The number of hydrogen-bond donors (Lipinski definition) is 3. The molecule has 67 heavy (non-hydrogen) atoms. The first-order valence-corrected chi connectivity index (χ1v) is 20.8. The Hall–Kier alpha value is -7.50. The number of alkyl halides is 6. The first-order valence-electron chi connectivity index (χ1n) is 20.8. The minimum atomic E-state index is -4.48. The Morgan fingerprint density at radius 2 is 0.955 bits per heavy atom. The normalized spacial score (nSPS) is 11.9. The van der Waals surface area contributed by atoms with Gasteiger partial charge in [-0.1, -0.05) is 30.3 Å². The van der Waals surface area contributed by atoms with Crippen LogP contribution in [0, 0.1) is 10.8 Å². The van der Waals surface area contributed by atoms with Gasteiger partial charge in [-0.15, -0.1) is 0 Å². The van der Waals surface area contributed by atoms with Crippen molar-refractivity contribution in [2.45, 2.75) is 59.5 Å². The minimum absolute atomic E-state index is 0.0920. The number of carboxylic acids is 1. The van der Waals surface area contributed by atoms with E-state index < -0.39 is 40.5 Å². The molecule has 0 aliphatic rings. The van der Waals surface area contributed by atoms with Gasteiger partial charge < -0.3 is 29.3 Å². The molecule has 0 radical (unpaired) electrons. The summed E-state index contributed by atoms with van der Waals surface area (Å²) in [6.45, 7) is 7.78. The van der Waals surface area contributed by atoms with E-state index in [9.17, 15) is 35.9 Å². The van der Waals surface area contributed by atoms with E-state index in [4.69, 9.17) is 19.3 Å². The SMILES string of the molecule is CC(C)(CCOc1ccc(-c2ccc(-c3ncc(C(F)(F)F)[nH]3)cn2)cc1)C(=O)O.CC(C)(CCOc1ccc(-c2ccc(-c3ncc(C(F)(F)F)[nH]3)cn2)cc1)C(=O)OCc1ccccc1. The van der Waals surface area contributed by atoms with E-state index in [1.165, 1.54) is 12.4 Å².